The number of aromatic nitrogens is 3. The smallest absolute Gasteiger partial charge is 0.187 e. The summed E-state index contributed by atoms with van der Waals surface area (Å²) in [6.07, 6.45) is 2.31. The van der Waals surface area contributed by atoms with Crippen LogP contribution in [0.3, 0.4) is 0 Å². The SMILES string of the molecule is [C-]#[N+]c1ccc(-c2ccc3ccc4ccc(-c5nc(-c6ccc7c(c6)C(C)(C)CCC7(C)C)nc(-c6ccc7ccccc7c6)n5)cc4c3c2)cc1. The summed E-state index contributed by atoms with van der Waals surface area (Å²) in [4.78, 5) is 19.1. The maximum absolute atomic E-state index is 7.34. The Morgan fingerprint density at radius 2 is 0.904 bits per heavy atom. The van der Waals surface area contributed by atoms with E-state index in [0.29, 0.717) is 23.2 Å². The maximum atomic E-state index is 7.34. The second kappa shape index (κ2) is 12.0. The van der Waals surface area contributed by atoms with Crippen molar-refractivity contribution in [2.24, 2.45) is 0 Å². The first kappa shape index (κ1) is 31.8. The summed E-state index contributed by atoms with van der Waals surface area (Å²) in [6, 6.07) is 47.0. The molecule has 0 N–H and O–H groups in total. The summed E-state index contributed by atoms with van der Waals surface area (Å²) in [5.41, 5.74) is 8.74. The minimum atomic E-state index is 0.0646. The van der Waals surface area contributed by atoms with Crippen molar-refractivity contribution in [2.45, 2.75) is 51.4 Å². The van der Waals surface area contributed by atoms with Crippen LogP contribution in [0.1, 0.15) is 51.7 Å². The Labute approximate surface area is 304 Å². The highest BCUT2D eigenvalue weighted by atomic mass is 15.0. The van der Waals surface area contributed by atoms with E-state index in [0.717, 1.165) is 55.8 Å². The molecule has 1 heterocycles. The van der Waals surface area contributed by atoms with Gasteiger partial charge < -0.3 is 0 Å². The van der Waals surface area contributed by atoms with Crippen molar-refractivity contribution in [3.8, 4) is 45.3 Å². The van der Waals surface area contributed by atoms with Crippen LogP contribution in [0.5, 0.6) is 0 Å². The summed E-state index contributed by atoms with van der Waals surface area (Å²) in [7, 11) is 0. The first-order valence-electron chi connectivity index (χ1n) is 18.0. The molecule has 250 valence electrons. The van der Waals surface area contributed by atoms with E-state index in [2.05, 4.69) is 142 Å². The minimum absolute atomic E-state index is 0.0646. The molecule has 0 amide bonds. The van der Waals surface area contributed by atoms with Crippen molar-refractivity contribution in [3.05, 3.63) is 156 Å². The van der Waals surface area contributed by atoms with Crippen LogP contribution in [0, 0.1) is 6.57 Å². The average molecular weight is 671 g/mol. The van der Waals surface area contributed by atoms with Gasteiger partial charge in [0.15, 0.2) is 23.2 Å². The Kier molecular flexibility index (Phi) is 7.31. The molecule has 0 unspecified atom stereocenters. The number of rotatable bonds is 4. The van der Waals surface area contributed by atoms with Crippen LogP contribution >= 0.6 is 0 Å². The fourth-order valence-electron chi connectivity index (χ4n) is 7.92. The zero-order valence-corrected chi connectivity index (χ0v) is 29.9. The fraction of sp³-hybridized carbons (Fsp3) is 0.167. The zero-order valence-electron chi connectivity index (χ0n) is 29.9. The summed E-state index contributed by atoms with van der Waals surface area (Å²) in [6.45, 7) is 16.8. The number of nitrogens with zero attached hydrogens (tertiary/aromatic N) is 4. The predicted molar refractivity (Wildman–Crippen MR) is 216 cm³/mol. The zero-order chi connectivity index (χ0) is 35.6. The molecular weight excluding hydrogens is 633 g/mol. The third-order valence-electron chi connectivity index (χ3n) is 11.2. The largest absolute Gasteiger partial charge is 0.238 e. The van der Waals surface area contributed by atoms with Crippen molar-refractivity contribution in [1.82, 2.24) is 15.0 Å². The third kappa shape index (κ3) is 5.50. The standard InChI is InChI=1S/C48H38N4/c1-47(2)24-25-48(3,4)43-29-38(20-23-42(43)47)46-51-44(36-16-10-30-8-6-7-9-34(30)26-36)50-45(52-46)37-17-14-33-12-11-32-13-15-35(27-40(32)41(33)28-37)31-18-21-39(49-5)22-19-31/h6-23,26-29H,24-25H2,1-4H3. The van der Waals surface area contributed by atoms with Crippen LogP contribution in [0.25, 0.3) is 82.5 Å². The molecule has 7 aromatic carbocycles. The molecule has 0 aliphatic heterocycles. The molecule has 9 rings (SSSR count). The van der Waals surface area contributed by atoms with E-state index in [4.69, 9.17) is 21.5 Å². The maximum Gasteiger partial charge on any atom is 0.187 e. The van der Waals surface area contributed by atoms with Gasteiger partial charge in [-0.05, 0) is 103 Å². The van der Waals surface area contributed by atoms with Crippen molar-refractivity contribution < 1.29 is 0 Å². The summed E-state index contributed by atoms with van der Waals surface area (Å²) in [5, 5.41) is 6.96. The monoisotopic (exact) mass is 670 g/mol. The molecule has 1 aliphatic carbocycles. The van der Waals surface area contributed by atoms with Gasteiger partial charge in [-0.1, -0.05) is 137 Å². The molecule has 1 aromatic heterocycles. The van der Waals surface area contributed by atoms with Gasteiger partial charge in [0.05, 0.1) is 6.57 Å². The van der Waals surface area contributed by atoms with Crippen LogP contribution in [0.4, 0.5) is 5.69 Å². The Bertz CT molecular complexity index is 2750. The van der Waals surface area contributed by atoms with Gasteiger partial charge in [-0.15, -0.1) is 0 Å². The molecule has 0 spiro atoms. The lowest BCUT2D eigenvalue weighted by Crippen LogP contribution is -2.33. The van der Waals surface area contributed by atoms with Gasteiger partial charge in [0, 0.05) is 16.7 Å². The molecule has 52 heavy (non-hydrogen) atoms. The van der Waals surface area contributed by atoms with Gasteiger partial charge in [-0.2, -0.15) is 0 Å². The second-order valence-electron chi connectivity index (χ2n) is 15.5. The van der Waals surface area contributed by atoms with Gasteiger partial charge in [0.2, 0.25) is 0 Å². The van der Waals surface area contributed by atoms with Crippen LogP contribution in [-0.4, -0.2) is 15.0 Å². The quantitative estimate of drug-likeness (QED) is 0.138. The lowest BCUT2D eigenvalue weighted by molar-refractivity contribution is 0.332. The van der Waals surface area contributed by atoms with E-state index in [-0.39, 0.29) is 10.8 Å². The molecule has 0 saturated carbocycles. The van der Waals surface area contributed by atoms with E-state index in [9.17, 15) is 0 Å². The van der Waals surface area contributed by atoms with E-state index in [1.165, 1.54) is 28.3 Å². The Morgan fingerprint density at radius 1 is 0.442 bits per heavy atom. The number of benzene rings is 7. The van der Waals surface area contributed by atoms with Crippen molar-refractivity contribution >= 4 is 38.0 Å². The van der Waals surface area contributed by atoms with Crippen LogP contribution in [0.15, 0.2) is 133 Å². The number of hydrogen-bond donors (Lipinski definition) is 0. The molecule has 1 aliphatic rings. The highest BCUT2D eigenvalue weighted by Crippen LogP contribution is 2.47. The van der Waals surface area contributed by atoms with Crippen molar-refractivity contribution in [1.29, 1.82) is 0 Å². The normalized spacial score (nSPS) is 14.7. The molecule has 0 atom stereocenters. The van der Waals surface area contributed by atoms with Crippen molar-refractivity contribution in [2.75, 3.05) is 0 Å². The highest BCUT2D eigenvalue weighted by Gasteiger charge is 2.37. The van der Waals surface area contributed by atoms with E-state index in [1.54, 1.807) is 0 Å². The number of hydrogen-bond acceptors (Lipinski definition) is 3. The summed E-state index contributed by atoms with van der Waals surface area (Å²) >= 11 is 0. The second-order valence-corrected chi connectivity index (χ2v) is 15.5. The molecule has 0 radical (unpaired) electrons. The van der Waals surface area contributed by atoms with Gasteiger partial charge in [0.1, 0.15) is 0 Å². The van der Waals surface area contributed by atoms with Gasteiger partial charge in [-0.3, -0.25) is 0 Å². The van der Waals surface area contributed by atoms with E-state index < -0.39 is 0 Å². The average Bonchev–Trinajstić information content (AvgIpc) is 3.18. The summed E-state index contributed by atoms with van der Waals surface area (Å²) in [5.74, 6) is 1.99. The molecule has 8 aromatic rings. The summed E-state index contributed by atoms with van der Waals surface area (Å²) < 4.78 is 0. The predicted octanol–water partition coefficient (Wildman–Crippen LogP) is 12.9. The van der Waals surface area contributed by atoms with Crippen LogP contribution < -0.4 is 0 Å². The van der Waals surface area contributed by atoms with Crippen LogP contribution in [-0.2, 0) is 10.8 Å². The van der Waals surface area contributed by atoms with E-state index >= 15 is 0 Å². The van der Waals surface area contributed by atoms with Crippen LogP contribution in [0.2, 0.25) is 0 Å². The number of fused-ring (bicyclic) bond motifs is 5. The highest BCUT2D eigenvalue weighted by molar-refractivity contribution is 6.09. The first-order valence-corrected chi connectivity index (χ1v) is 18.0. The Balaban J connectivity index is 1.23. The van der Waals surface area contributed by atoms with Crippen molar-refractivity contribution in [3.63, 3.8) is 0 Å². The fourth-order valence-corrected chi connectivity index (χ4v) is 7.92. The first-order chi connectivity index (χ1) is 25.1. The molecule has 0 bridgehead atoms. The topological polar surface area (TPSA) is 43.0 Å². The lowest BCUT2D eigenvalue weighted by atomic mass is 9.63. The van der Waals surface area contributed by atoms with Gasteiger partial charge >= 0.3 is 0 Å². The van der Waals surface area contributed by atoms with Gasteiger partial charge in [-0.25, -0.2) is 19.8 Å². The molecule has 4 heteroatoms. The third-order valence-corrected chi connectivity index (χ3v) is 11.2. The van der Waals surface area contributed by atoms with E-state index in [1.807, 2.05) is 24.3 Å². The Hall–Kier alpha value is -6.18. The molecule has 4 nitrogen and oxygen atoms in total. The Morgan fingerprint density at radius 3 is 1.54 bits per heavy atom. The lowest BCUT2D eigenvalue weighted by Gasteiger charge is -2.42. The molecular formula is C48H38N4. The minimum Gasteiger partial charge on any atom is -0.238 e. The molecule has 0 fully saturated rings. The molecule has 0 saturated heterocycles. The van der Waals surface area contributed by atoms with Gasteiger partial charge in [0.25, 0.3) is 0 Å².